The molecule has 8 rings (SSSR count). The van der Waals surface area contributed by atoms with Crippen molar-refractivity contribution in [2.24, 2.45) is 50.2 Å². The molecule has 13 N–H and O–H groups in total. The van der Waals surface area contributed by atoms with Gasteiger partial charge in [0.2, 0.25) is 0 Å². The van der Waals surface area contributed by atoms with Crippen molar-refractivity contribution in [2.75, 3.05) is 26.4 Å². The number of carbonyl (C=O) groups is 3. The fourth-order valence-corrected chi connectivity index (χ4v) is 16.2. The minimum Gasteiger partial charge on any atom is -0.479 e. The largest absolute Gasteiger partial charge is 0.479 e. The number of fused-ring (bicyclic) bond motifs is 7. The molecule has 79 heavy (non-hydrogen) atoms. The van der Waals surface area contributed by atoms with Gasteiger partial charge in [-0.1, -0.05) is 59.3 Å². The molecule has 3 saturated heterocycles. The minimum absolute atomic E-state index is 0.0948. The number of carboxylic acid groups (broad SMARTS) is 1. The van der Waals surface area contributed by atoms with E-state index in [-0.39, 0.29) is 24.7 Å². The van der Waals surface area contributed by atoms with Crippen LogP contribution in [0.15, 0.2) is 23.3 Å². The van der Waals surface area contributed by atoms with E-state index in [0.29, 0.717) is 37.7 Å². The van der Waals surface area contributed by atoms with Crippen molar-refractivity contribution in [1.82, 2.24) is 0 Å². The molecule has 0 amide bonds. The zero-order chi connectivity index (χ0) is 58.4. The summed E-state index contributed by atoms with van der Waals surface area (Å²) < 4.78 is 48.6. The van der Waals surface area contributed by atoms with Crippen LogP contribution < -0.4 is 0 Å². The Morgan fingerprint density at radius 2 is 1.24 bits per heavy atom. The summed E-state index contributed by atoms with van der Waals surface area (Å²) in [5.74, 6) is -3.91. The number of aliphatic hydroxyl groups excluding tert-OH is 12. The molecule has 0 spiro atoms. The SMILES string of the molecule is C/C=C(/C)C(=O)O[C@H]1[C@H](OC(C)=O)[C@@]2(CO)C(CC1(C)C)C1=CCC3[C@@]4(C)CC[C@H](O[C@@H]5O[C@H](C(=O)O)[C@@H](O)[C@@H](O[C@@H]6O[C@H](CO)[C@@H](O)[C@H](O)[C@H]6O)[C@H]5O[C@@H]5O[C@H](CO)[C@@H](O)[C@H](O)[C@H]5O)C(C)(CO)C4CC[C@@]3(C)[C@]1(C)C[C@H]2O. The summed E-state index contributed by atoms with van der Waals surface area (Å²) in [7, 11) is 0. The summed E-state index contributed by atoms with van der Waals surface area (Å²) >= 11 is 0. The van der Waals surface area contributed by atoms with Crippen LogP contribution in [0.1, 0.15) is 107 Å². The van der Waals surface area contributed by atoms with Gasteiger partial charge in [0.1, 0.15) is 79.4 Å². The zero-order valence-electron chi connectivity index (χ0n) is 46.4. The molecule has 7 fully saturated rings. The molecular formula is C55H86O24. The van der Waals surface area contributed by atoms with Crippen molar-refractivity contribution in [3.8, 4) is 0 Å². The number of carboxylic acids is 1. The average molecular weight is 1130 g/mol. The van der Waals surface area contributed by atoms with Crippen molar-refractivity contribution >= 4 is 17.9 Å². The summed E-state index contributed by atoms with van der Waals surface area (Å²) in [6, 6.07) is 0. The zero-order valence-corrected chi connectivity index (χ0v) is 46.4. The van der Waals surface area contributed by atoms with Gasteiger partial charge in [-0.15, -0.1) is 0 Å². The number of aliphatic carboxylic acids is 1. The molecule has 0 aromatic heterocycles. The average Bonchev–Trinajstić information content (AvgIpc) is 2.57. The molecule has 24 heteroatoms. The number of hydrogen-bond donors (Lipinski definition) is 13. The second-order valence-corrected chi connectivity index (χ2v) is 25.5. The van der Waals surface area contributed by atoms with Gasteiger partial charge in [0.15, 0.2) is 25.0 Å². The van der Waals surface area contributed by atoms with E-state index < -0.39 is 199 Å². The van der Waals surface area contributed by atoms with Gasteiger partial charge >= 0.3 is 17.9 Å². The van der Waals surface area contributed by atoms with Crippen molar-refractivity contribution < 1.29 is 119 Å². The Hall–Kier alpha value is -2.83. The number of aliphatic hydroxyl groups is 12. The van der Waals surface area contributed by atoms with Crippen molar-refractivity contribution in [1.29, 1.82) is 0 Å². The quantitative estimate of drug-likeness (QED) is 0.0415. The lowest BCUT2D eigenvalue weighted by molar-refractivity contribution is -0.397. The van der Waals surface area contributed by atoms with E-state index in [9.17, 15) is 80.8 Å². The van der Waals surface area contributed by atoms with Gasteiger partial charge in [0.05, 0.1) is 44.1 Å². The van der Waals surface area contributed by atoms with E-state index in [2.05, 4.69) is 26.8 Å². The third-order valence-electron chi connectivity index (χ3n) is 21.0. The molecule has 4 saturated carbocycles. The Bertz CT molecular complexity index is 2290. The molecule has 4 unspecified atom stereocenters. The molecule has 5 aliphatic carbocycles. The van der Waals surface area contributed by atoms with Crippen LogP contribution in [-0.2, 0) is 52.3 Å². The second kappa shape index (κ2) is 22.6. The van der Waals surface area contributed by atoms with Gasteiger partial charge in [-0.2, -0.15) is 0 Å². The Morgan fingerprint density at radius 1 is 0.658 bits per heavy atom. The van der Waals surface area contributed by atoms with Gasteiger partial charge in [-0.25, -0.2) is 9.59 Å². The van der Waals surface area contributed by atoms with E-state index in [1.165, 1.54) is 6.92 Å². The lowest BCUT2D eigenvalue weighted by Crippen LogP contribution is -2.72. The fourth-order valence-electron chi connectivity index (χ4n) is 16.2. The maximum absolute atomic E-state index is 13.4. The van der Waals surface area contributed by atoms with Gasteiger partial charge in [-0.05, 0) is 92.8 Å². The highest BCUT2D eigenvalue weighted by molar-refractivity contribution is 5.87. The summed E-state index contributed by atoms with van der Waals surface area (Å²) in [5.41, 5.74) is -3.84. The van der Waals surface area contributed by atoms with E-state index in [0.717, 1.165) is 5.57 Å². The number of hydrogen-bond acceptors (Lipinski definition) is 23. The first-order chi connectivity index (χ1) is 36.9. The third kappa shape index (κ3) is 9.94. The van der Waals surface area contributed by atoms with Crippen LogP contribution in [0.5, 0.6) is 0 Å². The molecule has 24 nitrogen and oxygen atoms in total. The second-order valence-electron chi connectivity index (χ2n) is 25.5. The van der Waals surface area contributed by atoms with Crippen molar-refractivity contribution in [3.63, 3.8) is 0 Å². The maximum atomic E-state index is 13.4. The molecule has 0 bridgehead atoms. The summed E-state index contributed by atoms with van der Waals surface area (Å²) in [4.78, 5) is 39.3. The molecular weight excluding hydrogens is 1040 g/mol. The Balaban J connectivity index is 1.14. The van der Waals surface area contributed by atoms with E-state index >= 15 is 0 Å². The fraction of sp³-hybridized carbons (Fsp3) is 0.873. The molecule has 0 aromatic carbocycles. The van der Waals surface area contributed by atoms with Crippen LogP contribution in [0.3, 0.4) is 0 Å². The summed E-state index contributed by atoms with van der Waals surface area (Å²) in [6.07, 6.45) is -26.8. The van der Waals surface area contributed by atoms with Crippen LogP contribution in [-0.4, -0.2) is 227 Å². The molecule has 27 atom stereocenters. The van der Waals surface area contributed by atoms with Gasteiger partial charge < -0.3 is 104 Å². The first-order valence-electron chi connectivity index (χ1n) is 27.7. The van der Waals surface area contributed by atoms with Crippen molar-refractivity contribution in [3.05, 3.63) is 23.3 Å². The number of carbonyl (C=O) groups excluding carboxylic acids is 2. The predicted molar refractivity (Wildman–Crippen MR) is 269 cm³/mol. The van der Waals surface area contributed by atoms with Crippen molar-refractivity contribution in [2.45, 2.75) is 224 Å². The van der Waals surface area contributed by atoms with Crippen LogP contribution in [0, 0.1) is 50.2 Å². The summed E-state index contributed by atoms with van der Waals surface area (Å²) in [5, 5.41) is 143. The number of rotatable bonds is 14. The molecule has 0 radical (unpaired) electrons. The summed E-state index contributed by atoms with van der Waals surface area (Å²) in [6.45, 7) is 14.1. The van der Waals surface area contributed by atoms with E-state index in [4.69, 9.17) is 37.9 Å². The normalized spacial score (nSPS) is 50.6. The predicted octanol–water partition coefficient (Wildman–Crippen LogP) is -1.32. The lowest BCUT2D eigenvalue weighted by atomic mass is 9.33. The van der Waals surface area contributed by atoms with Gasteiger partial charge in [0, 0.05) is 23.3 Å². The number of esters is 2. The highest BCUT2D eigenvalue weighted by Crippen LogP contribution is 2.76. The monoisotopic (exact) mass is 1130 g/mol. The lowest BCUT2D eigenvalue weighted by Gasteiger charge is -2.72. The molecule has 450 valence electrons. The van der Waals surface area contributed by atoms with Crippen LogP contribution in [0.2, 0.25) is 0 Å². The van der Waals surface area contributed by atoms with E-state index in [1.807, 2.05) is 20.8 Å². The Kier molecular flexibility index (Phi) is 17.8. The molecule has 3 heterocycles. The smallest absolute Gasteiger partial charge is 0.335 e. The van der Waals surface area contributed by atoms with Crippen LogP contribution in [0.4, 0.5) is 0 Å². The third-order valence-corrected chi connectivity index (χ3v) is 21.0. The topological polar surface area (TPSA) is 388 Å². The molecule has 3 aliphatic heterocycles. The Morgan fingerprint density at radius 3 is 1.76 bits per heavy atom. The number of ether oxygens (including phenoxy) is 8. The molecule has 0 aromatic rings. The highest BCUT2D eigenvalue weighted by Gasteiger charge is 2.74. The van der Waals surface area contributed by atoms with Gasteiger partial charge in [0.25, 0.3) is 0 Å². The minimum atomic E-state index is -2.22. The number of allylic oxidation sites excluding steroid dienone is 3. The Labute approximate surface area is 459 Å². The van der Waals surface area contributed by atoms with Crippen LogP contribution in [0.25, 0.3) is 0 Å². The first kappa shape index (κ1) is 62.2. The highest BCUT2D eigenvalue weighted by atomic mass is 16.8. The maximum Gasteiger partial charge on any atom is 0.335 e. The van der Waals surface area contributed by atoms with Gasteiger partial charge in [-0.3, -0.25) is 4.79 Å². The van der Waals surface area contributed by atoms with Crippen LogP contribution >= 0.6 is 0 Å². The first-order valence-corrected chi connectivity index (χ1v) is 27.7. The molecule has 8 aliphatic rings. The van der Waals surface area contributed by atoms with E-state index in [1.54, 1.807) is 19.9 Å². The standard InChI is InChI=1S/C55H86O24/c1-10-23(2)46(71)79-43-44(72-24(3)60)55(22-59)26(17-50(43,4)5)25-11-12-30-51(6)15-14-32(52(7,21-58)29(51)13-16-53(30,8)54(25,9)18-31(55)61)75-49-42(78-48-38(67)36(65)34(63)28(20-57)74-48)40(39(68)41(77-49)45(69)70)76-47-37(66)35(64)33(62)27(19-56)73-47/h10-11,26-44,47-49,56-59,61-68H,12-22H2,1-9H3,(H,69,70)/b23-10-/t26?,27-,28-,29?,30?,31-,32+,33-,34-,35+,36+,37-,38-,39+,40-,41+,42-,43+,44+,47+,48+,49-,51+,52?,53-,54-,55+/m1/s1.